The Morgan fingerprint density at radius 1 is 1.39 bits per heavy atom. The predicted octanol–water partition coefficient (Wildman–Crippen LogP) is 3.43. The molecule has 1 heterocycles. The van der Waals surface area contributed by atoms with Gasteiger partial charge >= 0.3 is 6.18 Å². The van der Waals surface area contributed by atoms with E-state index in [2.05, 4.69) is 12.2 Å². The first-order valence-corrected chi connectivity index (χ1v) is 6.48. The minimum Gasteiger partial charge on any atom is -0.353 e. The van der Waals surface area contributed by atoms with E-state index in [1.165, 1.54) is 11.1 Å². The third kappa shape index (κ3) is 3.28. The summed E-state index contributed by atoms with van der Waals surface area (Å²) in [5.74, 6) is 0. The fraction of sp³-hybridized carbons (Fsp3) is 0.692. The highest BCUT2D eigenvalue weighted by atomic mass is 19.4. The Labute approximate surface area is 105 Å². The molecule has 0 aromatic carbocycles. The average Bonchev–Trinajstić information content (AvgIpc) is 2.70. The number of nitrogens with one attached hydrogen (secondary N) is 1. The van der Waals surface area contributed by atoms with Gasteiger partial charge in [-0.05, 0) is 36.9 Å². The van der Waals surface area contributed by atoms with Gasteiger partial charge in [-0.25, -0.2) is 0 Å². The molecule has 1 aromatic rings. The normalized spacial score (nSPS) is 19.9. The van der Waals surface area contributed by atoms with Gasteiger partial charge in [0.2, 0.25) is 0 Å². The van der Waals surface area contributed by atoms with Gasteiger partial charge in [-0.15, -0.1) is 0 Å². The molecule has 1 unspecified atom stereocenters. The van der Waals surface area contributed by atoms with E-state index in [1.54, 1.807) is 4.57 Å². The molecule has 1 atom stereocenters. The molecule has 1 aromatic heterocycles. The summed E-state index contributed by atoms with van der Waals surface area (Å²) < 4.78 is 38.3. The number of hydrogen-bond acceptors (Lipinski definition) is 1. The maximum atomic E-state index is 12.2. The summed E-state index contributed by atoms with van der Waals surface area (Å²) in [7, 11) is 0. The molecular weight excluding hydrogens is 241 g/mol. The van der Waals surface area contributed by atoms with Crippen LogP contribution in [0.25, 0.3) is 0 Å². The smallest absolute Gasteiger partial charge is 0.353 e. The van der Waals surface area contributed by atoms with Crippen LogP contribution in [-0.4, -0.2) is 17.3 Å². The van der Waals surface area contributed by atoms with Crippen molar-refractivity contribution >= 4 is 0 Å². The topological polar surface area (TPSA) is 17.0 Å². The Hall–Kier alpha value is -0.970. The van der Waals surface area contributed by atoms with Crippen molar-refractivity contribution in [1.82, 2.24) is 9.88 Å². The number of fused-ring (bicyclic) bond motifs is 1. The summed E-state index contributed by atoms with van der Waals surface area (Å²) in [6, 6.07) is 0.311. The van der Waals surface area contributed by atoms with E-state index in [1.807, 2.05) is 12.4 Å². The third-order valence-electron chi connectivity index (χ3n) is 3.42. The Balaban J connectivity index is 2.07. The van der Waals surface area contributed by atoms with Gasteiger partial charge in [0.1, 0.15) is 0 Å². The monoisotopic (exact) mass is 260 g/mol. The van der Waals surface area contributed by atoms with Gasteiger partial charge in [0.25, 0.3) is 0 Å². The summed E-state index contributed by atoms with van der Waals surface area (Å²) in [6.07, 6.45) is 2.09. The zero-order valence-corrected chi connectivity index (χ0v) is 10.6. The highest BCUT2D eigenvalue weighted by Gasteiger charge is 2.27. The molecular formula is C13H19F3N2. The maximum Gasteiger partial charge on any atom is 0.390 e. The summed E-state index contributed by atoms with van der Waals surface area (Å²) in [6.45, 7) is 2.96. The second-order valence-corrected chi connectivity index (χ2v) is 4.84. The number of aromatic nitrogens is 1. The van der Waals surface area contributed by atoms with Gasteiger partial charge in [-0.2, -0.15) is 13.2 Å². The van der Waals surface area contributed by atoms with Crippen molar-refractivity contribution < 1.29 is 13.2 Å². The van der Waals surface area contributed by atoms with Crippen molar-refractivity contribution in [1.29, 1.82) is 0 Å². The van der Waals surface area contributed by atoms with Gasteiger partial charge in [-0.3, -0.25) is 0 Å². The zero-order chi connectivity index (χ0) is 13.2. The number of aryl methyl sites for hydroxylation is 2. The molecule has 0 bridgehead atoms. The second kappa shape index (κ2) is 5.34. The highest BCUT2D eigenvalue weighted by molar-refractivity contribution is 5.30. The van der Waals surface area contributed by atoms with Crippen LogP contribution in [-0.2, 0) is 13.0 Å². The number of nitrogens with zero attached hydrogens (tertiary/aromatic N) is 1. The lowest BCUT2D eigenvalue weighted by molar-refractivity contribution is -0.136. The fourth-order valence-electron chi connectivity index (χ4n) is 2.59. The van der Waals surface area contributed by atoms with Crippen molar-refractivity contribution in [2.75, 3.05) is 6.54 Å². The van der Waals surface area contributed by atoms with Crippen molar-refractivity contribution in [3.05, 3.63) is 23.5 Å². The summed E-state index contributed by atoms with van der Waals surface area (Å²) in [5.41, 5.74) is 2.39. The first kappa shape index (κ1) is 13.5. The number of halogens is 3. The average molecular weight is 260 g/mol. The highest BCUT2D eigenvalue weighted by Crippen LogP contribution is 2.31. The van der Waals surface area contributed by atoms with Gasteiger partial charge in [0, 0.05) is 25.0 Å². The minimum absolute atomic E-state index is 0.0232. The van der Waals surface area contributed by atoms with Crippen LogP contribution in [0.15, 0.2) is 12.4 Å². The quantitative estimate of drug-likeness (QED) is 0.877. The number of alkyl halides is 3. The third-order valence-corrected chi connectivity index (χ3v) is 3.42. The molecule has 0 radical (unpaired) electrons. The molecule has 0 spiro atoms. The molecule has 1 aliphatic rings. The van der Waals surface area contributed by atoms with Crippen LogP contribution in [0.5, 0.6) is 0 Å². The Kier molecular flexibility index (Phi) is 4.00. The van der Waals surface area contributed by atoms with Gasteiger partial charge in [0.15, 0.2) is 0 Å². The van der Waals surface area contributed by atoms with E-state index in [-0.39, 0.29) is 6.54 Å². The molecule has 2 rings (SSSR count). The molecule has 0 amide bonds. The fourth-order valence-corrected chi connectivity index (χ4v) is 2.59. The van der Waals surface area contributed by atoms with Gasteiger partial charge < -0.3 is 9.88 Å². The molecule has 1 N–H and O–H groups in total. The Bertz CT molecular complexity index is 395. The summed E-state index contributed by atoms with van der Waals surface area (Å²) in [5, 5.41) is 3.39. The lowest BCUT2D eigenvalue weighted by Crippen LogP contribution is -2.23. The molecule has 2 nitrogen and oxygen atoms in total. The standard InChI is InChI=1S/C13H19F3N2/c1-2-17-12-5-3-4-10-8-18(9-11(10)12)7-6-13(14,15)16/h8-9,12,17H,2-7H2,1H3. The minimum atomic E-state index is -4.08. The van der Waals surface area contributed by atoms with Crippen LogP contribution in [0, 0.1) is 0 Å². The summed E-state index contributed by atoms with van der Waals surface area (Å²) >= 11 is 0. The predicted molar refractivity (Wildman–Crippen MR) is 64.5 cm³/mol. The SMILES string of the molecule is CCNC1CCCc2cn(CCC(F)(F)F)cc21. The van der Waals surface area contributed by atoms with Crippen LogP contribution >= 0.6 is 0 Å². The van der Waals surface area contributed by atoms with Crippen LogP contribution in [0.1, 0.15) is 43.4 Å². The van der Waals surface area contributed by atoms with E-state index in [4.69, 9.17) is 0 Å². The van der Waals surface area contributed by atoms with Crippen LogP contribution < -0.4 is 5.32 Å². The molecule has 0 saturated heterocycles. The summed E-state index contributed by atoms with van der Waals surface area (Å²) in [4.78, 5) is 0. The molecule has 5 heteroatoms. The molecule has 102 valence electrons. The lowest BCUT2D eigenvalue weighted by atomic mass is 9.91. The Morgan fingerprint density at radius 3 is 2.83 bits per heavy atom. The first-order valence-electron chi connectivity index (χ1n) is 6.48. The van der Waals surface area contributed by atoms with E-state index < -0.39 is 12.6 Å². The maximum absolute atomic E-state index is 12.2. The van der Waals surface area contributed by atoms with Gasteiger partial charge in [-0.1, -0.05) is 6.92 Å². The van der Waals surface area contributed by atoms with Crippen molar-refractivity contribution in [3.8, 4) is 0 Å². The number of hydrogen-bond donors (Lipinski definition) is 1. The van der Waals surface area contributed by atoms with Crippen LogP contribution in [0.4, 0.5) is 13.2 Å². The van der Waals surface area contributed by atoms with Gasteiger partial charge in [0.05, 0.1) is 6.42 Å². The lowest BCUT2D eigenvalue weighted by Gasteiger charge is -2.22. The first-order chi connectivity index (χ1) is 8.49. The van der Waals surface area contributed by atoms with Crippen molar-refractivity contribution in [3.63, 3.8) is 0 Å². The largest absolute Gasteiger partial charge is 0.390 e. The zero-order valence-electron chi connectivity index (χ0n) is 10.6. The van der Waals surface area contributed by atoms with E-state index >= 15 is 0 Å². The van der Waals surface area contributed by atoms with Crippen molar-refractivity contribution in [2.24, 2.45) is 0 Å². The van der Waals surface area contributed by atoms with E-state index in [0.29, 0.717) is 6.04 Å². The van der Waals surface area contributed by atoms with E-state index in [9.17, 15) is 13.2 Å². The van der Waals surface area contributed by atoms with E-state index in [0.717, 1.165) is 25.8 Å². The molecule has 0 fully saturated rings. The van der Waals surface area contributed by atoms with Crippen LogP contribution in [0.3, 0.4) is 0 Å². The molecule has 18 heavy (non-hydrogen) atoms. The molecule has 0 saturated carbocycles. The number of rotatable bonds is 4. The second-order valence-electron chi connectivity index (χ2n) is 4.84. The molecule has 1 aliphatic carbocycles. The Morgan fingerprint density at radius 2 is 2.17 bits per heavy atom. The van der Waals surface area contributed by atoms with Crippen LogP contribution in [0.2, 0.25) is 0 Å². The molecule has 0 aliphatic heterocycles. The van der Waals surface area contributed by atoms with Crippen molar-refractivity contribution in [2.45, 2.75) is 51.4 Å².